The molecular formula is C15H20N2O3. The number of amides is 1. The van der Waals surface area contributed by atoms with Crippen LogP contribution in [0.4, 0.5) is 0 Å². The van der Waals surface area contributed by atoms with Gasteiger partial charge in [-0.1, -0.05) is 36.4 Å². The Kier molecular flexibility index (Phi) is 6.46. The van der Waals surface area contributed by atoms with E-state index in [1.54, 1.807) is 0 Å². The van der Waals surface area contributed by atoms with Crippen LogP contribution in [0.15, 0.2) is 43.0 Å². The minimum absolute atomic E-state index is 0.191. The molecule has 4 N–H and O–H groups in total. The highest BCUT2D eigenvalue weighted by Gasteiger charge is 2.18. The Labute approximate surface area is 118 Å². The van der Waals surface area contributed by atoms with Crippen molar-refractivity contribution in [2.75, 3.05) is 0 Å². The van der Waals surface area contributed by atoms with Crippen molar-refractivity contribution in [1.82, 2.24) is 5.32 Å². The molecule has 0 saturated heterocycles. The molecule has 108 valence electrons. The Morgan fingerprint density at radius 2 is 2.00 bits per heavy atom. The van der Waals surface area contributed by atoms with Gasteiger partial charge in [-0.25, -0.2) is 4.79 Å². The summed E-state index contributed by atoms with van der Waals surface area (Å²) in [6.45, 7) is 3.47. The van der Waals surface area contributed by atoms with Gasteiger partial charge in [0.25, 0.3) is 0 Å². The van der Waals surface area contributed by atoms with Gasteiger partial charge >= 0.3 is 5.97 Å². The first-order valence-corrected chi connectivity index (χ1v) is 6.48. The van der Waals surface area contributed by atoms with E-state index < -0.39 is 12.0 Å². The molecule has 1 aromatic carbocycles. The summed E-state index contributed by atoms with van der Waals surface area (Å²) in [4.78, 5) is 22.6. The number of nitrogens with two attached hydrogens (primary N) is 1. The molecule has 0 bridgehead atoms. The molecule has 5 nitrogen and oxygen atoms in total. The minimum atomic E-state index is -1.06. The van der Waals surface area contributed by atoms with Crippen molar-refractivity contribution in [2.24, 2.45) is 5.73 Å². The highest BCUT2D eigenvalue weighted by Crippen LogP contribution is 2.14. The van der Waals surface area contributed by atoms with Crippen LogP contribution in [0.3, 0.4) is 0 Å². The van der Waals surface area contributed by atoms with Crippen LogP contribution in [-0.4, -0.2) is 23.0 Å². The van der Waals surface area contributed by atoms with Gasteiger partial charge in [0.05, 0.1) is 0 Å². The lowest BCUT2D eigenvalue weighted by molar-refractivity contribution is -0.141. The summed E-state index contributed by atoms with van der Waals surface area (Å²) in [5.74, 6) is -1.38. The number of rotatable bonds is 8. The second kappa shape index (κ2) is 8.12. The van der Waals surface area contributed by atoms with Gasteiger partial charge in [0.1, 0.15) is 6.04 Å². The van der Waals surface area contributed by atoms with E-state index in [0.29, 0.717) is 6.42 Å². The maximum absolute atomic E-state index is 11.7. The third-order valence-electron chi connectivity index (χ3n) is 2.95. The van der Waals surface area contributed by atoms with Crippen LogP contribution in [0.25, 0.3) is 0 Å². The quantitative estimate of drug-likeness (QED) is 0.629. The molecule has 0 radical (unpaired) electrons. The second-order valence-electron chi connectivity index (χ2n) is 4.54. The summed E-state index contributed by atoms with van der Waals surface area (Å²) in [5, 5.41) is 11.4. The molecule has 0 aliphatic rings. The van der Waals surface area contributed by atoms with Crippen LogP contribution in [0, 0.1) is 0 Å². The van der Waals surface area contributed by atoms with Crippen molar-refractivity contribution < 1.29 is 14.7 Å². The first kappa shape index (κ1) is 15.9. The van der Waals surface area contributed by atoms with Gasteiger partial charge in [-0.05, 0) is 18.4 Å². The molecule has 1 aromatic rings. The predicted molar refractivity (Wildman–Crippen MR) is 77.0 cm³/mol. The Morgan fingerprint density at radius 1 is 1.35 bits per heavy atom. The third kappa shape index (κ3) is 5.24. The monoisotopic (exact) mass is 276 g/mol. The van der Waals surface area contributed by atoms with Crippen molar-refractivity contribution >= 4 is 11.9 Å². The molecule has 0 spiro atoms. The molecular weight excluding hydrogens is 256 g/mol. The first-order valence-electron chi connectivity index (χ1n) is 6.48. The van der Waals surface area contributed by atoms with Crippen molar-refractivity contribution in [3.63, 3.8) is 0 Å². The average Bonchev–Trinajstić information content (AvgIpc) is 2.45. The number of carboxylic acid groups (broad SMARTS) is 1. The standard InChI is InChI=1S/C15H20N2O3/c1-2-6-13(15(19)20)17-14(18)10-9-12(16)11-7-4-3-5-8-11/h2-5,7-8,12-13H,1,6,9-10,16H2,(H,17,18)(H,19,20). The van der Waals surface area contributed by atoms with E-state index in [1.807, 2.05) is 30.3 Å². The summed E-state index contributed by atoms with van der Waals surface area (Å²) in [7, 11) is 0. The lowest BCUT2D eigenvalue weighted by Crippen LogP contribution is -2.40. The first-order chi connectivity index (χ1) is 9.54. The van der Waals surface area contributed by atoms with Crippen molar-refractivity contribution in [3.05, 3.63) is 48.6 Å². The maximum Gasteiger partial charge on any atom is 0.326 e. The largest absolute Gasteiger partial charge is 0.480 e. The number of hydrogen-bond acceptors (Lipinski definition) is 3. The van der Waals surface area contributed by atoms with Crippen molar-refractivity contribution in [3.8, 4) is 0 Å². The highest BCUT2D eigenvalue weighted by molar-refractivity contribution is 5.83. The maximum atomic E-state index is 11.7. The van der Waals surface area contributed by atoms with E-state index in [9.17, 15) is 9.59 Å². The van der Waals surface area contributed by atoms with Crippen LogP contribution in [0.2, 0.25) is 0 Å². The van der Waals surface area contributed by atoms with Gasteiger partial charge in [0.2, 0.25) is 5.91 Å². The zero-order chi connectivity index (χ0) is 15.0. The molecule has 0 heterocycles. The third-order valence-corrected chi connectivity index (χ3v) is 2.95. The van der Waals surface area contributed by atoms with Gasteiger partial charge in [-0.15, -0.1) is 6.58 Å². The molecule has 0 fully saturated rings. The van der Waals surface area contributed by atoms with Crippen LogP contribution >= 0.6 is 0 Å². The summed E-state index contributed by atoms with van der Waals surface area (Å²) >= 11 is 0. The Morgan fingerprint density at radius 3 is 2.55 bits per heavy atom. The normalized spacial score (nSPS) is 13.2. The van der Waals surface area contributed by atoms with Gasteiger partial charge in [-0.3, -0.25) is 4.79 Å². The lowest BCUT2D eigenvalue weighted by Gasteiger charge is -2.14. The van der Waals surface area contributed by atoms with Gasteiger partial charge in [0.15, 0.2) is 0 Å². The van der Waals surface area contributed by atoms with Gasteiger partial charge in [-0.2, -0.15) is 0 Å². The van der Waals surface area contributed by atoms with Gasteiger partial charge < -0.3 is 16.2 Å². The van der Waals surface area contributed by atoms with E-state index in [2.05, 4.69) is 11.9 Å². The summed E-state index contributed by atoms with van der Waals surface area (Å²) < 4.78 is 0. The SMILES string of the molecule is C=CCC(NC(=O)CCC(N)c1ccccc1)C(=O)O. The van der Waals surface area contributed by atoms with Crippen LogP contribution in [-0.2, 0) is 9.59 Å². The molecule has 0 saturated carbocycles. The summed E-state index contributed by atoms with van der Waals surface area (Å²) in [5.41, 5.74) is 6.94. The smallest absolute Gasteiger partial charge is 0.326 e. The summed E-state index contributed by atoms with van der Waals surface area (Å²) in [6, 6.07) is 8.33. The molecule has 5 heteroatoms. The second-order valence-corrected chi connectivity index (χ2v) is 4.54. The lowest BCUT2D eigenvalue weighted by atomic mass is 10.0. The molecule has 20 heavy (non-hydrogen) atoms. The average molecular weight is 276 g/mol. The fourth-order valence-electron chi connectivity index (χ4n) is 1.81. The van der Waals surface area contributed by atoms with E-state index >= 15 is 0 Å². The molecule has 0 aromatic heterocycles. The fraction of sp³-hybridized carbons (Fsp3) is 0.333. The van der Waals surface area contributed by atoms with Crippen molar-refractivity contribution in [1.29, 1.82) is 0 Å². The zero-order valence-corrected chi connectivity index (χ0v) is 11.3. The topological polar surface area (TPSA) is 92.4 Å². The molecule has 2 unspecified atom stereocenters. The number of hydrogen-bond donors (Lipinski definition) is 3. The predicted octanol–water partition coefficient (Wildman–Crippen LogP) is 1.61. The molecule has 0 aliphatic carbocycles. The Balaban J connectivity index is 2.43. The molecule has 2 atom stereocenters. The number of nitrogens with one attached hydrogen (secondary N) is 1. The highest BCUT2D eigenvalue weighted by atomic mass is 16.4. The number of carbonyl (C=O) groups is 2. The molecule has 0 aliphatic heterocycles. The number of carbonyl (C=O) groups excluding carboxylic acids is 1. The van der Waals surface area contributed by atoms with Crippen molar-refractivity contribution in [2.45, 2.75) is 31.3 Å². The Hall–Kier alpha value is -2.14. The van der Waals surface area contributed by atoms with Crippen LogP contribution < -0.4 is 11.1 Å². The molecule has 1 rings (SSSR count). The number of aliphatic carboxylic acids is 1. The number of carboxylic acids is 1. The number of benzene rings is 1. The zero-order valence-electron chi connectivity index (χ0n) is 11.3. The van der Waals surface area contributed by atoms with Crippen LogP contribution in [0.1, 0.15) is 30.9 Å². The Bertz CT molecular complexity index is 459. The summed E-state index contributed by atoms with van der Waals surface area (Å²) in [6.07, 6.45) is 2.33. The van der Waals surface area contributed by atoms with Gasteiger partial charge in [0, 0.05) is 12.5 Å². The minimum Gasteiger partial charge on any atom is -0.480 e. The van der Waals surface area contributed by atoms with E-state index in [-0.39, 0.29) is 24.8 Å². The molecule has 1 amide bonds. The van der Waals surface area contributed by atoms with Crippen LogP contribution in [0.5, 0.6) is 0 Å². The fourth-order valence-corrected chi connectivity index (χ4v) is 1.81. The van der Waals surface area contributed by atoms with E-state index in [4.69, 9.17) is 10.8 Å². The van der Waals surface area contributed by atoms with E-state index in [1.165, 1.54) is 6.08 Å². The van der Waals surface area contributed by atoms with E-state index in [0.717, 1.165) is 5.56 Å².